The number of aliphatic hydroxyl groups excluding tert-OH is 1. The number of rotatable bonds is 18. The molecule has 2 aromatic rings. The highest BCUT2D eigenvalue weighted by atomic mass is 32.2. The lowest BCUT2D eigenvalue weighted by molar-refractivity contribution is -0.149. The number of alkyl carbamates (subject to hydrolysis) is 1. The fourth-order valence-electron chi connectivity index (χ4n) is 5.61. The van der Waals surface area contributed by atoms with E-state index in [1.54, 1.807) is 61.5 Å². The monoisotopic (exact) mass is 703 g/mol. The largest absolute Gasteiger partial charge is 0.465 e. The third kappa shape index (κ3) is 12.7. The van der Waals surface area contributed by atoms with Crippen LogP contribution in [0.1, 0.15) is 70.4 Å². The smallest absolute Gasteiger partial charge is 0.408 e. The molecule has 14 nitrogen and oxygen atoms in total. The maximum atomic E-state index is 13.9. The van der Waals surface area contributed by atoms with Crippen LogP contribution in [0.5, 0.6) is 0 Å². The molecule has 0 unspecified atom stereocenters. The van der Waals surface area contributed by atoms with Crippen molar-refractivity contribution in [2.24, 2.45) is 5.73 Å². The number of nitrogens with two attached hydrogens (primary N) is 1. The molecule has 1 aliphatic carbocycles. The van der Waals surface area contributed by atoms with Gasteiger partial charge in [0.1, 0.15) is 18.2 Å². The lowest BCUT2D eigenvalue weighted by atomic mass is 9.94. The summed E-state index contributed by atoms with van der Waals surface area (Å²) < 4.78 is 41.7. The van der Waals surface area contributed by atoms with Crippen LogP contribution in [0.3, 0.4) is 0 Å². The van der Waals surface area contributed by atoms with E-state index < -0.39 is 76.8 Å². The van der Waals surface area contributed by atoms with Crippen molar-refractivity contribution in [2.45, 2.75) is 102 Å². The molecule has 0 saturated heterocycles. The van der Waals surface area contributed by atoms with E-state index in [1.807, 2.05) is 6.07 Å². The highest BCUT2D eigenvalue weighted by molar-refractivity contribution is 7.87. The molecule has 1 fully saturated rings. The number of nitrogens with zero attached hydrogens (tertiary/aromatic N) is 1. The molecule has 1 aliphatic rings. The first-order chi connectivity index (χ1) is 23.2. The van der Waals surface area contributed by atoms with Gasteiger partial charge in [-0.2, -0.15) is 17.4 Å². The van der Waals surface area contributed by atoms with Crippen LogP contribution in [0.2, 0.25) is 0 Å². The van der Waals surface area contributed by atoms with Gasteiger partial charge in [-0.05, 0) is 51.2 Å². The SMILES string of the molecule is CCOC(=O)C(C)(C)NS(=O)(=O)N(C[C@@H](O)[C@H](Cc1ccccc1)NC(=O)[C@H](CC(N)=O)NC(=O)OCc1ccccc1)C1CCCCC1. The number of esters is 1. The fraction of sp³-hybridized carbons (Fsp3) is 0.529. The quantitative estimate of drug-likeness (QED) is 0.144. The molecule has 0 aromatic heterocycles. The van der Waals surface area contributed by atoms with Gasteiger partial charge < -0.3 is 30.9 Å². The van der Waals surface area contributed by atoms with Crippen LogP contribution in [0.25, 0.3) is 0 Å². The highest BCUT2D eigenvalue weighted by Gasteiger charge is 2.41. The minimum atomic E-state index is -4.38. The summed E-state index contributed by atoms with van der Waals surface area (Å²) in [5.41, 5.74) is 5.23. The molecule has 3 atom stereocenters. The summed E-state index contributed by atoms with van der Waals surface area (Å²) in [4.78, 5) is 50.7. The number of carbonyl (C=O) groups excluding carboxylic acids is 4. The number of benzene rings is 2. The van der Waals surface area contributed by atoms with E-state index in [1.165, 1.54) is 13.8 Å². The number of nitrogens with one attached hydrogen (secondary N) is 3. The van der Waals surface area contributed by atoms with Crippen molar-refractivity contribution in [2.75, 3.05) is 13.2 Å². The van der Waals surface area contributed by atoms with E-state index >= 15 is 0 Å². The Bertz CT molecular complexity index is 1490. The number of hydrogen-bond donors (Lipinski definition) is 5. The summed E-state index contributed by atoms with van der Waals surface area (Å²) in [6.45, 7) is 3.96. The van der Waals surface area contributed by atoms with Crippen LogP contribution < -0.4 is 21.1 Å². The van der Waals surface area contributed by atoms with Crippen molar-refractivity contribution in [3.63, 3.8) is 0 Å². The second-order valence-electron chi connectivity index (χ2n) is 12.6. The van der Waals surface area contributed by atoms with E-state index in [0.29, 0.717) is 18.4 Å². The van der Waals surface area contributed by atoms with Crippen molar-refractivity contribution < 1.29 is 42.2 Å². The molecule has 0 bridgehead atoms. The molecule has 0 heterocycles. The Morgan fingerprint density at radius 1 is 0.939 bits per heavy atom. The molecule has 270 valence electrons. The zero-order valence-corrected chi connectivity index (χ0v) is 29.1. The normalized spacial score (nSPS) is 15.9. The molecule has 1 saturated carbocycles. The Morgan fingerprint density at radius 2 is 1.53 bits per heavy atom. The fourth-order valence-corrected chi connectivity index (χ4v) is 7.41. The molecule has 0 spiro atoms. The standard InChI is InChI=1S/C34H49N5O9S/c1-4-47-32(43)34(2,3)38-49(45,46)39(26-18-12-7-13-19-26)22-29(40)27(20-24-14-8-5-9-15-24)36-31(42)28(21-30(35)41)37-33(44)48-23-25-16-10-6-11-17-25/h5-6,8-11,14-17,26-29,38,40H,4,7,12-13,18-23H2,1-3H3,(H2,35,41)(H,36,42)(H,37,44)/t27-,28-,29+/m0/s1. The van der Waals surface area contributed by atoms with E-state index in [4.69, 9.17) is 15.2 Å². The molecule has 0 radical (unpaired) electrons. The van der Waals surface area contributed by atoms with E-state index in [-0.39, 0.29) is 19.6 Å². The first-order valence-corrected chi connectivity index (χ1v) is 17.9. The van der Waals surface area contributed by atoms with Gasteiger partial charge in [-0.15, -0.1) is 0 Å². The van der Waals surface area contributed by atoms with Gasteiger partial charge in [-0.3, -0.25) is 14.4 Å². The van der Waals surface area contributed by atoms with Crippen molar-refractivity contribution in [3.05, 3.63) is 71.8 Å². The molecule has 0 aliphatic heterocycles. The number of hydrogen-bond acceptors (Lipinski definition) is 9. The lowest BCUT2D eigenvalue weighted by Gasteiger charge is -2.38. The lowest BCUT2D eigenvalue weighted by Crippen LogP contribution is -2.60. The average Bonchev–Trinajstić information content (AvgIpc) is 3.06. The van der Waals surface area contributed by atoms with E-state index in [0.717, 1.165) is 29.1 Å². The van der Waals surface area contributed by atoms with Crippen molar-refractivity contribution in [3.8, 4) is 0 Å². The third-order valence-electron chi connectivity index (χ3n) is 8.14. The summed E-state index contributed by atoms with van der Waals surface area (Å²) in [6, 6.07) is 14.8. The predicted molar refractivity (Wildman–Crippen MR) is 182 cm³/mol. The van der Waals surface area contributed by atoms with Crippen molar-refractivity contribution in [1.29, 1.82) is 0 Å². The third-order valence-corrected chi connectivity index (χ3v) is 9.98. The molecule has 2 aromatic carbocycles. The number of aliphatic hydroxyl groups is 1. The van der Waals surface area contributed by atoms with Gasteiger partial charge >= 0.3 is 12.1 Å². The Hall–Kier alpha value is -4.05. The number of ether oxygens (including phenoxy) is 2. The molecule has 3 rings (SSSR count). The van der Waals surface area contributed by atoms with Gasteiger partial charge in [0.25, 0.3) is 10.2 Å². The topological polar surface area (TPSA) is 206 Å². The molecule has 3 amide bonds. The van der Waals surface area contributed by atoms with Gasteiger partial charge in [0, 0.05) is 12.6 Å². The first-order valence-electron chi connectivity index (χ1n) is 16.5. The summed E-state index contributed by atoms with van der Waals surface area (Å²) in [5, 5.41) is 16.8. The molecule has 15 heteroatoms. The van der Waals surface area contributed by atoms with E-state index in [9.17, 15) is 32.7 Å². The molecular weight excluding hydrogens is 654 g/mol. The zero-order valence-electron chi connectivity index (χ0n) is 28.3. The van der Waals surface area contributed by atoms with Crippen LogP contribution in [-0.4, -0.2) is 84.6 Å². The van der Waals surface area contributed by atoms with Crippen LogP contribution in [0, 0.1) is 0 Å². The number of primary amides is 1. The van der Waals surface area contributed by atoms with Crippen molar-refractivity contribution >= 4 is 34.1 Å². The molecule has 49 heavy (non-hydrogen) atoms. The highest BCUT2D eigenvalue weighted by Crippen LogP contribution is 2.26. The summed E-state index contributed by atoms with van der Waals surface area (Å²) in [6.07, 6.45) is 0.660. The van der Waals surface area contributed by atoms with Gasteiger partial charge in [-0.25, -0.2) is 4.79 Å². The Kier molecular flexibility index (Phi) is 15.0. The van der Waals surface area contributed by atoms with Crippen molar-refractivity contribution in [1.82, 2.24) is 19.7 Å². The number of amides is 3. The second-order valence-corrected chi connectivity index (χ2v) is 14.2. The van der Waals surface area contributed by atoms with Gasteiger partial charge in [0.15, 0.2) is 0 Å². The molecular formula is C34H49N5O9S. The Labute approximate surface area is 288 Å². The molecule has 6 N–H and O–H groups in total. The Morgan fingerprint density at radius 3 is 2.10 bits per heavy atom. The predicted octanol–water partition coefficient (Wildman–Crippen LogP) is 2.06. The summed E-state index contributed by atoms with van der Waals surface area (Å²) in [5.74, 6) is -2.45. The zero-order chi connectivity index (χ0) is 36.0. The first kappa shape index (κ1) is 39.4. The summed E-state index contributed by atoms with van der Waals surface area (Å²) in [7, 11) is -4.38. The minimum absolute atomic E-state index is 0.0618. The van der Waals surface area contributed by atoms with Gasteiger partial charge in [0.05, 0.1) is 25.2 Å². The minimum Gasteiger partial charge on any atom is -0.465 e. The maximum absolute atomic E-state index is 13.9. The van der Waals surface area contributed by atoms with Gasteiger partial charge in [0.2, 0.25) is 11.8 Å². The number of carbonyl (C=O) groups is 4. The maximum Gasteiger partial charge on any atom is 0.408 e. The second kappa shape index (κ2) is 18.6. The van der Waals surface area contributed by atoms with Crippen LogP contribution >= 0.6 is 0 Å². The van der Waals surface area contributed by atoms with Crippen LogP contribution in [0.15, 0.2) is 60.7 Å². The average molecular weight is 704 g/mol. The van der Waals surface area contributed by atoms with Gasteiger partial charge in [-0.1, -0.05) is 79.9 Å². The Balaban J connectivity index is 1.85. The van der Waals surface area contributed by atoms with Crippen LogP contribution in [-0.2, 0) is 47.1 Å². The van der Waals surface area contributed by atoms with E-state index in [2.05, 4.69) is 15.4 Å². The van der Waals surface area contributed by atoms with Crippen LogP contribution in [0.4, 0.5) is 4.79 Å². The summed E-state index contributed by atoms with van der Waals surface area (Å²) >= 11 is 0.